The molecule has 1 aromatic rings. The van der Waals surface area contributed by atoms with Crippen LogP contribution < -0.4 is 0 Å². The monoisotopic (exact) mass is 354 g/mol. The van der Waals surface area contributed by atoms with Crippen molar-refractivity contribution in [3.8, 4) is 0 Å². The quantitative estimate of drug-likeness (QED) is 0.577. The summed E-state index contributed by atoms with van der Waals surface area (Å²) < 4.78 is 69.0. The van der Waals surface area contributed by atoms with Gasteiger partial charge in [-0.2, -0.15) is 21.6 Å². The Morgan fingerprint density at radius 3 is 2.22 bits per heavy atom. The molecule has 0 heterocycles. The van der Waals surface area contributed by atoms with E-state index in [1.165, 1.54) is 18.2 Å². The van der Waals surface area contributed by atoms with Gasteiger partial charge in [-0.1, -0.05) is 38.5 Å². The lowest BCUT2D eigenvalue weighted by molar-refractivity contribution is -0.140. The van der Waals surface area contributed by atoms with E-state index in [1.54, 1.807) is 13.8 Å². The predicted molar refractivity (Wildman–Crippen MR) is 80.5 cm³/mol. The Morgan fingerprint density at radius 1 is 1.13 bits per heavy atom. The molecule has 0 fully saturated rings. The molecule has 0 saturated carbocycles. The van der Waals surface area contributed by atoms with Crippen molar-refractivity contribution in [1.82, 2.24) is 0 Å². The van der Waals surface area contributed by atoms with Crippen LogP contribution in [0, 0.1) is 5.41 Å². The molecule has 8 heteroatoms. The molecule has 0 aliphatic rings. The van der Waals surface area contributed by atoms with Gasteiger partial charge in [0.15, 0.2) is 0 Å². The van der Waals surface area contributed by atoms with Crippen LogP contribution in [-0.2, 0) is 16.3 Å². The van der Waals surface area contributed by atoms with Gasteiger partial charge in [-0.25, -0.2) is 0 Å². The van der Waals surface area contributed by atoms with E-state index >= 15 is 0 Å². The number of aliphatic hydroxyl groups is 1. The van der Waals surface area contributed by atoms with Gasteiger partial charge in [0, 0.05) is 0 Å². The van der Waals surface area contributed by atoms with Crippen LogP contribution in [0.1, 0.15) is 50.3 Å². The van der Waals surface area contributed by atoms with E-state index in [2.05, 4.69) is 0 Å². The molecule has 1 unspecified atom stereocenters. The molecule has 0 aliphatic carbocycles. The number of aliphatic hydroxyl groups excluding tert-OH is 1. The first-order chi connectivity index (χ1) is 10.3. The third kappa shape index (κ3) is 6.12. The second-order valence-corrected chi connectivity index (χ2v) is 7.79. The van der Waals surface area contributed by atoms with Gasteiger partial charge < -0.3 is 5.11 Å². The first-order valence-electron chi connectivity index (χ1n) is 7.14. The zero-order chi connectivity index (χ0) is 17.9. The normalized spacial score (nSPS) is 14.7. The van der Waals surface area contributed by atoms with E-state index in [0.29, 0.717) is 12.8 Å². The zero-order valence-corrected chi connectivity index (χ0v) is 13.8. The lowest BCUT2D eigenvalue weighted by Gasteiger charge is -2.32. The molecule has 4 nitrogen and oxygen atoms in total. The van der Waals surface area contributed by atoms with Gasteiger partial charge in [0.2, 0.25) is 0 Å². The van der Waals surface area contributed by atoms with Crippen LogP contribution in [0.4, 0.5) is 13.2 Å². The van der Waals surface area contributed by atoms with E-state index in [1.807, 2.05) is 0 Å². The SMILES string of the molecule is CC(C)(CCCCS(=O)(=O)O)C(O)c1ccccc1C(F)(F)F. The highest BCUT2D eigenvalue weighted by molar-refractivity contribution is 7.85. The molecule has 0 aromatic heterocycles. The number of hydrogen-bond donors (Lipinski definition) is 2. The molecule has 0 saturated heterocycles. The predicted octanol–water partition coefficient (Wildman–Crippen LogP) is 3.82. The number of unbranched alkanes of at least 4 members (excludes halogenated alkanes) is 1. The van der Waals surface area contributed by atoms with Gasteiger partial charge in [0.1, 0.15) is 0 Å². The van der Waals surface area contributed by atoms with Gasteiger partial charge in [0.05, 0.1) is 17.4 Å². The molecule has 0 radical (unpaired) electrons. The molecular formula is C15H21F3O4S. The number of rotatable bonds is 7. The fourth-order valence-electron chi connectivity index (χ4n) is 2.42. The Bertz CT molecular complexity index is 624. The Labute approximate surface area is 134 Å². The standard InChI is InChI=1S/C15H21F3O4S/c1-14(2,9-5-6-10-23(20,21)22)13(19)11-7-3-4-8-12(11)15(16,17)18/h3-4,7-8,13,19H,5-6,9-10H2,1-2H3,(H,20,21,22). The molecule has 0 aliphatic heterocycles. The second-order valence-electron chi connectivity index (χ2n) is 6.22. The summed E-state index contributed by atoms with van der Waals surface area (Å²) >= 11 is 0. The Hall–Kier alpha value is -1.12. The molecular weight excluding hydrogens is 333 g/mol. The minimum absolute atomic E-state index is 0.176. The summed E-state index contributed by atoms with van der Waals surface area (Å²) in [6.07, 6.45) is -5.05. The summed E-state index contributed by atoms with van der Waals surface area (Å²) in [6, 6.07) is 4.86. The fraction of sp³-hybridized carbons (Fsp3) is 0.600. The van der Waals surface area contributed by atoms with Crippen molar-refractivity contribution in [2.75, 3.05) is 5.75 Å². The molecule has 1 rings (SSSR count). The van der Waals surface area contributed by atoms with Gasteiger partial charge in [-0.3, -0.25) is 4.55 Å². The van der Waals surface area contributed by atoms with Gasteiger partial charge >= 0.3 is 6.18 Å². The Morgan fingerprint density at radius 2 is 1.70 bits per heavy atom. The van der Waals surface area contributed by atoms with Crippen LogP contribution in [0.15, 0.2) is 24.3 Å². The topological polar surface area (TPSA) is 74.6 Å². The van der Waals surface area contributed by atoms with E-state index in [9.17, 15) is 26.7 Å². The first-order valence-corrected chi connectivity index (χ1v) is 8.75. The van der Waals surface area contributed by atoms with Crippen LogP contribution in [0.5, 0.6) is 0 Å². The van der Waals surface area contributed by atoms with Crippen molar-refractivity contribution in [3.05, 3.63) is 35.4 Å². The summed E-state index contributed by atoms with van der Waals surface area (Å²) in [5.74, 6) is -0.404. The summed E-state index contributed by atoms with van der Waals surface area (Å²) in [6.45, 7) is 3.25. The van der Waals surface area contributed by atoms with Crippen LogP contribution >= 0.6 is 0 Å². The first kappa shape index (κ1) is 19.9. The third-order valence-corrected chi connectivity index (χ3v) is 4.58. The summed E-state index contributed by atoms with van der Waals surface area (Å²) in [5.41, 5.74) is -1.95. The third-order valence-electron chi connectivity index (χ3n) is 3.77. The molecule has 1 atom stereocenters. The Balaban J connectivity index is 2.85. The Kier molecular flexibility index (Phi) is 6.23. The smallest absolute Gasteiger partial charge is 0.388 e. The van der Waals surface area contributed by atoms with Crippen molar-refractivity contribution < 1.29 is 31.2 Å². The molecule has 0 spiro atoms. The summed E-state index contributed by atoms with van der Waals surface area (Å²) in [7, 11) is -4.05. The molecule has 2 N–H and O–H groups in total. The average molecular weight is 354 g/mol. The van der Waals surface area contributed by atoms with E-state index in [-0.39, 0.29) is 12.0 Å². The minimum Gasteiger partial charge on any atom is -0.388 e. The van der Waals surface area contributed by atoms with Crippen molar-refractivity contribution in [3.63, 3.8) is 0 Å². The maximum Gasteiger partial charge on any atom is 0.416 e. The maximum atomic E-state index is 13.0. The largest absolute Gasteiger partial charge is 0.416 e. The highest BCUT2D eigenvalue weighted by atomic mass is 32.2. The molecule has 0 bridgehead atoms. The minimum atomic E-state index is -4.56. The van der Waals surface area contributed by atoms with E-state index < -0.39 is 39.1 Å². The van der Waals surface area contributed by atoms with Crippen LogP contribution in [-0.4, -0.2) is 23.8 Å². The van der Waals surface area contributed by atoms with E-state index in [4.69, 9.17) is 4.55 Å². The van der Waals surface area contributed by atoms with Crippen molar-refractivity contribution in [2.24, 2.45) is 5.41 Å². The number of alkyl halides is 3. The fourth-order valence-corrected chi connectivity index (χ4v) is 2.99. The highest BCUT2D eigenvalue weighted by Crippen LogP contribution is 2.42. The summed E-state index contributed by atoms with van der Waals surface area (Å²) in [4.78, 5) is 0. The van der Waals surface area contributed by atoms with Crippen LogP contribution in [0.25, 0.3) is 0 Å². The lowest BCUT2D eigenvalue weighted by Crippen LogP contribution is -2.25. The van der Waals surface area contributed by atoms with Crippen molar-refractivity contribution in [2.45, 2.75) is 45.4 Å². The molecule has 1 aromatic carbocycles. The van der Waals surface area contributed by atoms with Crippen LogP contribution in [0.2, 0.25) is 0 Å². The second kappa shape index (κ2) is 7.19. The van der Waals surface area contributed by atoms with Gasteiger partial charge in [0.25, 0.3) is 10.1 Å². The lowest BCUT2D eigenvalue weighted by atomic mass is 9.77. The van der Waals surface area contributed by atoms with Gasteiger partial charge in [-0.05, 0) is 29.9 Å². The average Bonchev–Trinajstić information content (AvgIpc) is 2.41. The highest BCUT2D eigenvalue weighted by Gasteiger charge is 2.38. The van der Waals surface area contributed by atoms with Crippen molar-refractivity contribution in [1.29, 1.82) is 0 Å². The van der Waals surface area contributed by atoms with Crippen molar-refractivity contribution >= 4 is 10.1 Å². The maximum absolute atomic E-state index is 13.0. The van der Waals surface area contributed by atoms with Gasteiger partial charge in [-0.15, -0.1) is 0 Å². The number of halogens is 3. The number of benzene rings is 1. The summed E-state index contributed by atoms with van der Waals surface area (Å²) in [5, 5.41) is 10.4. The molecule has 23 heavy (non-hydrogen) atoms. The molecule has 132 valence electrons. The number of hydrogen-bond acceptors (Lipinski definition) is 3. The molecule has 0 amide bonds. The van der Waals surface area contributed by atoms with E-state index in [0.717, 1.165) is 6.07 Å². The van der Waals surface area contributed by atoms with Crippen LogP contribution in [0.3, 0.4) is 0 Å². The zero-order valence-electron chi connectivity index (χ0n) is 13.0.